The molecule has 28 heavy (non-hydrogen) atoms. The molecule has 150 valence electrons. The fourth-order valence-corrected chi connectivity index (χ4v) is 5.20. The number of methoxy groups -OCH3 is 1. The average molecular weight is 380 g/mol. The van der Waals surface area contributed by atoms with E-state index in [2.05, 4.69) is 36.4 Å². The normalized spacial score (nSPS) is 26.8. The van der Waals surface area contributed by atoms with Gasteiger partial charge in [0.15, 0.2) is 0 Å². The number of para-hydroxylation sites is 1. The average Bonchev–Trinajstić information content (AvgIpc) is 3.14. The second-order valence-electron chi connectivity index (χ2n) is 8.95. The van der Waals surface area contributed by atoms with Gasteiger partial charge in [-0.25, -0.2) is 0 Å². The van der Waals surface area contributed by atoms with Gasteiger partial charge >= 0.3 is 0 Å². The maximum absolute atomic E-state index is 9.54. The summed E-state index contributed by atoms with van der Waals surface area (Å²) in [5.74, 6) is 2.27. The van der Waals surface area contributed by atoms with Crippen LogP contribution in [0.5, 0.6) is 5.75 Å². The van der Waals surface area contributed by atoms with Gasteiger partial charge in [0.2, 0.25) is 0 Å². The van der Waals surface area contributed by atoms with Gasteiger partial charge in [0, 0.05) is 5.54 Å². The molecule has 0 heterocycles. The van der Waals surface area contributed by atoms with Crippen molar-refractivity contribution in [1.29, 1.82) is 0 Å². The molecule has 0 amide bonds. The van der Waals surface area contributed by atoms with Crippen molar-refractivity contribution in [2.24, 2.45) is 11.7 Å². The van der Waals surface area contributed by atoms with Crippen LogP contribution in [-0.2, 0) is 19.3 Å². The van der Waals surface area contributed by atoms with Gasteiger partial charge in [-0.1, -0.05) is 36.4 Å². The molecule has 0 saturated heterocycles. The number of aryl methyl sites for hydroxylation is 2. The molecular formula is C25H33NO2. The molecule has 1 fully saturated rings. The summed E-state index contributed by atoms with van der Waals surface area (Å²) in [4.78, 5) is 0. The zero-order valence-corrected chi connectivity index (χ0v) is 17.0. The van der Waals surface area contributed by atoms with Gasteiger partial charge in [-0.3, -0.25) is 0 Å². The molecule has 0 aromatic heterocycles. The van der Waals surface area contributed by atoms with Crippen molar-refractivity contribution < 1.29 is 9.84 Å². The van der Waals surface area contributed by atoms with Gasteiger partial charge in [-0.2, -0.15) is 0 Å². The van der Waals surface area contributed by atoms with E-state index in [0.717, 1.165) is 37.4 Å². The molecular weight excluding hydrogens is 346 g/mol. The number of hydrogen-bond donors (Lipinski definition) is 2. The number of ether oxygens (including phenoxy) is 1. The van der Waals surface area contributed by atoms with E-state index < -0.39 is 0 Å². The fraction of sp³-hybridized carbons (Fsp3) is 0.520. The van der Waals surface area contributed by atoms with E-state index in [4.69, 9.17) is 10.5 Å². The first-order valence-corrected chi connectivity index (χ1v) is 10.7. The summed E-state index contributed by atoms with van der Waals surface area (Å²) in [5, 5.41) is 9.54. The highest BCUT2D eigenvalue weighted by atomic mass is 16.5. The minimum absolute atomic E-state index is 0.0995. The van der Waals surface area contributed by atoms with Gasteiger partial charge in [-0.05, 0) is 91.5 Å². The van der Waals surface area contributed by atoms with Crippen molar-refractivity contribution in [3.05, 3.63) is 64.7 Å². The molecule has 2 aromatic rings. The third kappa shape index (κ3) is 4.11. The maximum Gasteiger partial charge on any atom is 0.122 e. The van der Waals surface area contributed by atoms with E-state index in [0.29, 0.717) is 5.92 Å². The Morgan fingerprint density at radius 2 is 2.00 bits per heavy atom. The Hall–Kier alpha value is -1.84. The number of aliphatic hydroxyl groups is 1. The fourth-order valence-electron chi connectivity index (χ4n) is 5.20. The summed E-state index contributed by atoms with van der Waals surface area (Å²) in [6.45, 7) is 0.0995. The molecule has 0 radical (unpaired) electrons. The van der Waals surface area contributed by atoms with E-state index >= 15 is 0 Å². The summed E-state index contributed by atoms with van der Waals surface area (Å²) in [5.41, 5.74) is 11.7. The third-order valence-electron chi connectivity index (χ3n) is 7.01. The summed E-state index contributed by atoms with van der Waals surface area (Å²) in [6.07, 6.45) is 8.87. The van der Waals surface area contributed by atoms with Crippen molar-refractivity contribution in [3.8, 4) is 5.75 Å². The van der Waals surface area contributed by atoms with Crippen LogP contribution in [0, 0.1) is 5.92 Å². The summed E-state index contributed by atoms with van der Waals surface area (Å²) in [6, 6.07) is 15.5. The Morgan fingerprint density at radius 3 is 2.79 bits per heavy atom. The number of nitrogens with two attached hydrogens (primary N) is 1. The maximum atomic E-state index is 9.54. The molecule has 0 bridgehead atoms. The number of rotatable bonds is 6. The minimum atomic E-state index is -0.371. The van der Waals surface area contributed by atoms with Gasteiger partial charge < -0.3 is 15.6 Å². The molecule has 0 unspecified atom stereocenters. The highest BCUT2D eigenvalue weighted by Crippen LogP contribution is 2.41. The molecule has 3 nitrogen and oxygen atoms in total. The highest BCUT2D eigenvalue weighted by Gasteiger charge is 2.36. The van der Waals surface area contributed by atoms with Gasteiger partial charge in [0.1, 0.15) is 5.75 Å². The smallest absolute Gasteiger partial charge is 0.122 e. The van der Waals surface area contributed by atoms with Crippen molar-refractivity contribution >= 4 is 0 Å². The molecule has 2 aromatic carbocycles. The van der Waals surface area contributed by atoms with Crippen molar-refractivity contribution in [2.75, 3.05) is 13.7 Å². The molecule has 0 aliphatic heterocycles. The van der Waals surface area contributed by atoms with E-state index in [1.807, 2.05) is 6.07 Å². The number of benzene rings is 2. The van der Waals surface area contributed by atoms with Crippen LogP contribution < -0.4 is 10.5 Å². The zero-order chi connectivity index (χ0) is 19.6. The molecule has 3 N–H and O–H groups in total. The molecule has 2 aliphatic carbocycles. The summed E-state index contributed by atoms with van der Waals surface area (Å²) < 4.78 is 5.50. The standard InChI is InChI=1S/C25H33NO2/c1-28-24-5-3-2-4-19(24)8-6-18-7-9-21-15-22(11-10-20(21)14-18)23-12-13-25(26,16-23)17-27/h2-5,10-11,15,18,23,27H,6-9,12-14,16-17,26H2,1H3/t18-,23+,25-/m1/s1. The first kappa shape index (κ1) is 19.5. The Bertz CT molecular complexity index is 818. The van der Waals surface area contributed by atoms with Crippen LogP contribution in [0.3, 0.4) is 0 Å². The summed E-state index contributed by atoms with van der Waals surface area (Å²) >= 11 is 0. The molecule has 1 saturated carbocycles. The summed E-state index contributed by atoms with van der Waals surface area (Å²) in [7, 11) is 1.76. The number of aliphatic hydroxyl groups excluding tert-OH is 1. The minimum Gasteiger partial charge on any atom is -0.496 e. The highest BCUT2D eigenvalue weighted by molar-refractivity contribution is 5.37. The monoisotopic (exact) mass is 379 g/mol. The second-order valence-corrected chi connectivity index (χ2v) is 8.95. The molecule has 3 atom stereocenters. The lowest BCUT2D eigenvalue weighted by Crippen LogP contribution is -2.40. The first-order valence-electron chi connectivity index (χ1n) is 10.7. The Morgan fingerprint density at radius 1 is 1.14 bits per heavy atom. The van der Waals surface area contributed by atoms with Gasteiger partial charge in [0.05, 0.1) is 13.7 Å². The Labute approximate surface area is 168 Å². The second kappa shape index (κ2) is 8.26. The van der Waals surface area contributed by atoms with Gasteiger partial charge in [-0.15, -0.1) is 0 Å². The Kier molecular flexibility index (Phi) is 5.75. The number of fused-ring (bicyclic) bond motifs is 1. The van der Waals surface area contributed by atoms with E-state index in [1.54, 1.807) is 7.11 Å². The van der Waals surface area contributed by atoms with E-state index in [-0.39, 0.29) is 12.1 Å². The Balaban J connectivity index is 1.38. The molecule has 2 aliphatic rings. The lowest BCUT2D eigenvalue weighted by atomic mass is 9.79. The van der Waals surface area contributed by atoms with E-state index in [9.17, 15) is 5.11 Å². The lowest BCUT2D eigenvalue weighted by Gasteiger charge is -2.26. The lowest BCUT2D eigenvalue weighted by molar-refractivity contribution is 0.198. The predicted octanol–water partition coefficient (Wildman–Crippen LogP) is 4.39. The zero-order valence-electron chi connectivity index (χ0n) is 17.0. The van der Waals surface area contributed by atoms with Crippen molar-refractivity contribution in [1.82, 2.24) is 0 Å². The molecule has 0 spiro atoms. The van der Waals surface area contributed by atoms with Crippen LogP contribution in [0.2, 0.25) is 0 Å². The van der Waals surface area contributed by atoms with Crippen molar-refractivity contribution in [2.45, 2.75) is 62.8 Å². The van der Waals surface area contributed by atoms with Crippen molar-refractivity contribution in [3.63, 3.8) is 0 Å². The first-order chi connectivity index (χ1) is 13.6. The number of hydrogen-bond acceptors (Lipinski definition) is 3. The SMILES string of the molecule is COc1ccccc1CC[C@@H]1CCc2cc([C@H]3CC[C@](N)(CO)C3)ccc2C1. The van der Waals surface area contributed by atoms with Gasteiger partial charge in [0.25, 0.3) is 0 Å². The van der Waals surface area contributed by atoms with Crippen LogP contribution in [-0.4, -0.2) is 24.4 Å². The topological polar surface area (TPSA) is 55.5 Å². The predicted molar refractivity (Wildman–Crippen MR) is 114 cm³/mol. The van der Waals surface area contributed by atoms with Crippen LogP contribution in [0.1, 0.15) is 60.3 Å². The molecule has 3 heteroatoms. The van der Waals surface area contributed by atoms with Crippen LogP contribution in [0.4, 0.5) is 0 Å². The van der Waals surface area contributed by atoms with E-state index in [1.165, 1.54) is 47.9 Å². The van der Waals surface area contributed by atoms with Crippen LogP contribution in [0.15, 0.2) is 42.5 Å². The largest absolute Gasteiger partial charge is 0.496 e. The third-order valence-corrected chi connectivity index (χ3v) is 7.01. The van der Waals surface area contributed by atoms with Crippen LogP contribution >= 0.6 is 0 Å². The van der Waals surface area contributed by atoms with Crippen LogP contribution in [0.25, 0.3) is 0 Å². The quantitative estimate of drug-likeness (QED) is 0.783. The molecule has 4 rings (SSSR count).